The van der Waals surface area contributed by atoms with E-state index in [0.717, 1.165) is 6.26 Å². The number of carbonyl (C=O) groups excluding carboxylic acids is 1. The van der Waals surface area contributed by atoms with E-state index in [1.54, 1.807) is 19.1 Å². The van der Waals surface area contributed by atoms with E-state index in [9.17, 15) is 17.6 Å². The summed E-state index contributed by atoms with van der Waals surface area (Å²) in [6.07, 6.45) is 1.14. The van der Waals surface area contributed by atoms with E-state index >= 15 is 0 Å². The van der Waals surface area contributed by atoms with Gasteiger partial charge in [-0.3, -0.25) is 4.79 Å². The number of amides is 1. The van der Waals surface area contributed by atoms with Crippen LogP contribution in [0.1, 0.15) is 34.5 Å². The number of hydrogen-bond donors (Lipinski definition) is 1. The van der Waals surface area contributed by atoms with Gasteiger partial charge < -0.3 is 5.32 Å². The van der Waals surface area contributed by atoms with E-state index in [-0.39, 0.29) is 21.7 Å². The zero-order valence-corrected chi connectivity index (χ0v) is 15.8. The van der Waals surface area contributed by atoms with Crippen molar-refractivity contribution in [2.45, 2.75) is 18.7 Å². The number of carbonyl (C=O) groups is 1. The fourth-order valence-electron chi connectivity index (χ4n) is 2.28. The second kappa shape index (κ2) is 7.72. The van der Waals surface area contributed by atoms with Gasteiger partial charge in [0.1, 0.15) is 5.82 Å². The van der Waals surface area contributed by atoms with Gasteiger partial charge in [-0.05, 0) is 42.3 Å². The average molecular weight is 404 g/mol. The minimum Gasteiger partial charge on any atom is -0.345 e. The smallest absolute Gasteiger partial charge is 0.251 e. The molecular weight excluding hydrogens is 388 g/mol. The zero-order valence-electron chi connectivity index (χ0n) is 13.5. The summed E-state index contributed by atoms with van der Waals surface area (Å²) in [5, 5.41) is 2.88. The quantitative estimate of drug-likeness (QED) is 0.761. The normalized spacial score (nSPS) is 12.7. The van der Waals surface area contributed by atoms with Gasteiger partial charge in [0, 0.05) is 16.8 Å². The van der Waals surface area contributed by atoms with Gasteiger partial charge in [0.2, 0.25) is 0 Å². The lowest BCUT2D eigenvalue weighted by molar-refractivity contribution is 0.0940. The number of nitrogens with one attached hydrogen (secondary N) is 1. The van der Waals surface area contributed by atoms with E-state index in [1.807, 2.05) is 0 Å². The second-order valence-corrected chi connectivity index (χ2v) is 8.70. The number of halogens is 3. The third-order valence-electron chi connectivity index (χ3n) is 3.50. The highest BCUT2D eigenvalue weighted by atomic mass is 35.5. The molecule has 1 atom stereocenters. The third kappa shape index (κ3) is 5.42. The molecule has 2 aromatic rings. The Labute approximate surface area is 155 Å². The van der Waals surface area contributed by atoms with E-state index in [0.29, 0.717) is 16.7 Å². The summed E-state index contributed by atoms with van der Waals surface area (Å²) in [7, 11) is -3.14. The van der Waals surface area contributed by atoms with E-state index < -0.39 is 21.7 Å². The number of benzene rings is 2. The van der Waals surface area contributed by atoms with Crippen LogP contribution in [0.25, 0.3) is 0 Å². The van der Waals surface area contributed by atoms with Crippen molar-refractivity contribution in [2.24, 2.45) is 0 Å². The predicted octanol–water partition coefficient (Wildman–Crippen LogP) is 4.17. The van der Waals surface area contributed by atoms with Crippen LogP contribution in [0.3, 0.4) is 0 Å². The molecule has 8 heteroatoms. The van der Waals surface area contributed by atoms with Gasteiger partial charge in [-0.15, -0.1) is 0 Å². The number of hydrogen-bond acceptors (Lipinski definition) is 3. The molecule has 0 heterocycles. The molecule has 0 aliphatic heterocycles. The summed E-state index contributed by atoms with van der Waals surface area (Å²) >= 11 is 11.7. The van der Waals surface area contributed by atoms with Crippen LogP contribution < -0.4 is 5.32 Å². The van der Waals surface area contributed by atoms with Crippen LogP contribution in [0.2, 0.25) is 10.0 Å². The first kappa shape index (κ1) is 19.7. The van der Waals surface area contributed by atoms with Crippen LogP contribution in [0.15, 0.2) is 36.4 Å². The van der Waals surface area contributed by atoms with Crippen LogP contribution in [0.5, 0.6) is 0 Å². The lowest BCUT2D eigenvalue weighted by atomic mass is 10.1. The minimum atomic E-state index is -3.14. The van der Waals surface area contributed by atoms with Crippen molar-refractivity contribution in [1.29, 1.82) is 0 Å². The molecule has 0 bridgehead atoms. The Morgan fingerprint density at radius 3 is 2.32 bits per heavy atom. The van der Waals surface area contributed by atoms with Crippen LogP contribution >= 0.6 is 23.2 Å². The van der Waals surface area contributed by atoms with Gasteiger partial charge in [0.15, 0.2) is 9.84 Å². The molecule has 1 amide bonds. The Bertz CT molecular complexity index is 899. The van der Waals surface area contributed by atoms with Gasteiger partial charge in [-0.2, -0.15) is 0 Å². The third-order valence-corrected chi connectivity index (χ3v) is 4.97. The Kier molecular flexibility index (Phi) is 6.08. The molecule has 0 fully saturated rings. The van der Waals surface area contributed by atoms with Crippen molar-refractivity contribution < 1.29 is 17.6 Å². The second-order valence-electron chi connectivity index (χ2n) is 5.75. The highest BCUT2D eigenvalue weighted by molar-refractivity contribution is 7.89. The molecular formula is C17H16Cl2FNO3S. The van der Waals surface area contributed by atoms with E-state index in [2.05, 4.69) is 5.32 Å². The fourth-order valence-corrected chi connectivity index (χ4v) is 3.63. The lowest BCUT2D eigenvalue weighted by Crippen LogP contribution is -2.27. The zero-order chi connectivity index (χ0) is 18.8. The predicted molar refractivity (Wildman–Crippen MR) is 97.3 cm³/mol. The standard InChI is InChI=1S/C17H16Cl2FNO3S/c1-10(13-7-16(20)15(19)8-14(13)18)21-17(22)12-5-3-11(4-6-12)9-25(2,23)24/h3-8,10H,9H2,1-2H3,(H,21,22)/t10-/m0/s1. The van der Waals surface area contributed by atoms with Crippen molar-refractivity contribution in [2.75, 3.05) is 6.26 Å². The SMILES string of the molecule is C[C@H](NC(=O)c1ccc(CS(C)(=O)=O)cc1)c1cc(F)c(Cl)cc1Cl. The first-order valence-electron chi connectivity index (χ1n) is 7.29. The summed E-state index contributed by atoms with van der Waals surface area (Å²) in [5.41, 5.74) is 1.36. The maximum absolute atomic E-state index is 13.6. The molecule has 0 aliphatic carbocycles. The molecule has 0 saturated carbocycles. The summed E-state index contributed by atoms with van der Waals surface area (Å²) in [4.78, 5) is 12.3. The number of rotatable bonds is 5. The maximum Gasteiger partial charge on any atom is 0.251 e. The van der Waals surface area contributed by atoms with E-state index in [1.165, 1.54) is 24.3 Å². The van der Waals surface area contributed by atoms with Gasteiger partial charge in [-0.1, -0.05) is 35.3 Å². The molecule has 134 valence electrons. The molecule has 0 spiro atoms. The summed E-state index contributed by atoms with van der Waals surface area (Å²) in [6.45, 7) is 1.67. The van der Waals surface area contributed by atoms with Crippen molar-refractivity contribution in [1.82, 2.24) is 5.32 Å². The highest BCUT2D eigenvalue weighted by Crippen LogP contribution is 2.28. The molecule has 0 aliphatic rings. The maximum atomic E-state index is 13.6. The van der Waals surface area contributed by atoms with E-state index in [4.69, 9.17) is 23.2 Å². The topological polar surface area (TPSA) is 63.2 Å². The Balaban J connectivity index is 2.12. The Morgan fingerprint density at radius 1 is 1.16 bits per heavy atom. The molecule has 0 unspecified atom stereocenters. The van der Waals surface area contributed by atoms with Crippen molar-refractivity contribution in [3.8, 4) is 0 Å². The Morgan fingerprint density at radius 2 is 1.76 bits per heavy atom. The number of sulfone groups is 1. The molecule has 2 aromatic carbocycles. The van der Waals surface area contributed by atoms with Crippen LogP contribution in [0.4, 0.5) is 4.39 Å². The largest absolute Gasteiger partial charge is 0.345 e. The summed E-state index contributed by atoms with van der Waals surface area (Å²) in [6, 6.07) is 8.16. The first-order valence-corrected chi connectivity index (χ1v) is 10.1. The van der Waals surface area contributed by atoms with Gasteiger partial charge >= 0.3 is 0 Å². The fraction of sp³-hybridized carbons (Fsp3) is 0.235. The Hall–Kier alpha value is -1.63. The molecule has 25 heavy (non-hydrogen) atoms. The van der Waals surface area contributed by atoms with Crippen LogP contribution in [0, 0.1) is 5.82 Å². The average Bonchev–Trinajstić information content (AvgIpc) is 2.49. The van der Waals surface area contributed by atoms with Gasteiger partial charge in [-0.25, -0.2) is 12.8 Å². The highest BCUT2D eigenvalue weighted by Gasteiger charge is 2.16. The van der Waals surface area contributed by atoms with Gasteiger partial charge in [0.05, 0.1) is 16.8 Å². The molecule has 0 aromatic heterocycles. The molecule has 2 rings (SSSR count). The molecule has 4 nitrogen and oxygen atoms in total. The lowest BCUT2D eigenvalue weighted by Gasteiger charge is -2.16. The van der Waals surface area contributed by atoms with Crippen LogP contribution in [-0.4, -0.2) is 20.6 Å². The van der Waals surface area contributed by atoms with Crippen molar-refractivity contribution >= 4 is 38.9 Å². The van der Waals surface area contributed by atoms with Crippen molar-refractivity contribution in [3.63, 3.8) is 0 Å². The first-order chi connectivity index (χ1) is 11.6. The molecule has 0 radical (unpaired) electrons. The summed E-state index contributed by atoms with van der Waals surface area (Å²) in [5.74, 6) is -1.09. The molecule has 0 saturated heterocycles. The minimum absolute atomic E-state index is 0.0891. The van der Waals surface area contributed by atoms with Gasteiger partial charge in [0.25, 0.3) is 5.91 Å². The molecule has 1 N–H and O–H groups in total. The van der Waals surface area contributed by atoms with Crippen molar-refractivity contribution in [3.05, 3.63) is 69.0 Å². The monoisotopic (exact) mass is 403 g/mol. The van der Waals surface area contributed by atoms with Crippen LogP contribution in [-0.2, 0) is 15.6 Å². The summed E-state index contributed by atoms with van der Waals surface area (Å²) < 4.78 is 36.2.